The van der Waals surface area contributed by atoms with E-state index in [2.05, 4.69) is 9.68 Å². The highest BCUT2D eigenvalue weighted by molar-refractivity contribution is 5.87. The van der Waals surface area contributed by atoms with E-state index < -0.39 is 23.3 Å². The molecular weight excluding hydrogens is 256 g/mol. The van der Waals surface area contributed by atoms with Gasteiger partial charge >= 0.3 is 11.9 Å². The van der Waals surface area contributed by atoms with Gasteiger partial charge in [0.1, 0.15) is 0 Å². The first-order valence-electron chi connectivity index (χ1n) is 5.64. The number of carboxylic acids is 1. The average molecular weight is 267 g/mol. The lowest BCUT2D eigenvalue weighted by Crippen LogP contribution is -2.16. The van der Waals surface area contributed by atoms with E-state index in [1.54, 1.807) is 13.0 Å². The molecule has 0 amide bonds. The summed E-state index contributed by atoms with van der Waals surface area (Å²) in [5.74, 6) is -5.50. The van der Waals surface area contributed by atoms with E-state index in [4.69, 9.17) is 5.11 Å². The number of carboxylic acid groups (broad SMARTS) is 1. The molecule has 0 unspecified atom stereocenters. The van der Waals surface area contributed by atoms with Crippen LogP contribution < -0.4 is 0 Å². The summed E-state index contributed by atoms with van der Waals surface area (Å²) in [7, 11) is 0. The zero-order valence-electron chi connectivity index (χ0n) is 10.1. The Morgan fingerprint density at radius 2 is 2.00 bits per heavy atom. The highest BCUT2D eigenvalue weighted by Gasteiger charge is 2.42. The first-order chi connectivity index (χ1) is 8.98. The third kappa shape index (κ3) is 2.21. The van der Waals surface area contributed by atoms with E-state index in [1.165, 1.54) is 24.3 Å². The zero-order chi connectivity index (χ0) is 14.0. The molecule has 0 saturated heterocycles. The summed E-state index contributed by atoms with van der Waals surface area (Å²) in [5.41, 5.74) is -0.813. The SMILES string of the molecule is CCc1c(C(=O)O)noc1C(F)(F)c1ccccc1. The number of rotatable bonds is 4. The van der Waals surface area contributed by atoms with Crippen LogP contribution in [0.4, 0.5) is 8.78 Å². The minimum Gasteiger partial charge on any atom is -0.476 e. The molecule has 0 spiro atoms. The second kappa shape index (κ2) is 4.79. The van der Waals surface area contributed by atoms with Gasteiger partial charge in [-0.25, -0.2) is 4.79 Å². The lowest BCUT2D eigenvalue weighted by molar-refractivity contribution is 0.0120. The van der Waals surface area contributed by atoms with E-state index in [-0.39, 0.29) is 17.5 Å². The fourth-order valence-electron chi connectivity index (χ4n) is 1.83. The van der Waals surface area contributed by atoms with E-state index >= 15 is 0 Å². The van der Waals surface area contributed by atoms with Crippen LogP contribution in [0.1, 0.15) is 34.3 Å². The summed E-state index contributed by atoms with van der Waals surface area (Å²) in [6, 6.07) is 7.07. The maximum absolute atomic E-state index is 14.3. The minimum absolute atomic E-state index is 0.0821. The molecule has 1 aromatic heterocycles. The van der Waals surface area contributed by atoms with Crippen LogP contribution in [0, 0.1) is 0 Å². The van der Waals surface area contributed by atoms with Crippen LogP contribution in [0.5, 0.6) is 0 Å². The Hall–Kier alpha value is -2.24. The van der Waals surface area contributed by atoms with Crippen LogP contribution in [0.3, 0.4) is 0 Å². The van der Waals surface area contributed by atoms with Crippen molar-refractivity contribution in [3.05, 3.63) is 52.9 Å². The van der Waals surface area contributed by atoms with Gasteiger partial charge in [0, 0.05) is 11.1 Å². The van der Waals surface area contributed by atoms with Crippen LogP contribution in [0.15, 0.2) is 34.9 Å². The highest BCUT2D eigenvalue weighted by Crippen LogP contribution is 2.38. The molecule has 1 N–H and O–H groups in total. The summed E-state index contributed by atoms with van der Waals surface area (Å²) >= 11 is 0. The lowest BCUT2D eigenvalue weighted by Gasteiger charge is -2.14. The Bertz CT molecular complexity index is 593. The first kappa shape index (κ1) is 13.2. The topological polar surface area (TPSA) is 63.3 Å². The maximum atomic E-state index is 14.3. The maximum Gasteiger partial charge on any atom is 0.358 e. The lowest BCUT2D eigenvalue weighted by atomic mass is 10.0. The molecule has 6 heteroatoms. The zero-order valence-corrected chi connectivity index (χ0v) is 10.1. The largest absolute Gasteiger partial charge is 0.476 e. The normalized spacial score (nSPS) is 11.5. The molecule has 100 valence electrons. The third-order valence-corrected chi connectivity index (χ3v) is 2.77. The van der Waals surface area contributed by atoms with Crippen LogP contribution >= 0.6 is 0 Å². The number of hydrogen-bond donors (Lipinski definition) is 1. The van der Waals surface area contributed by atoms with Crippen LogP contribution in [0.2, 0.25) is 0 Å². The van der Waals surface area contributed by atoms with Gasteiger partial charge in [0.2, 0.25) is 5.76 Å². The number of nitrogens with zero attached hydrogens (tertiary/aromatic N) is 1. The van der Waals surface area contributed by atoms with Crippen molar-refractivity contribution in [3.63, 3.8) is 0 Å². The van der Waals surface area contributed by atoms with E-state index in [9.17, 15) is 13.6 Å². The van der Waals surface area contributed by atoms with Crippen molar-refractivity contribution in [2.24, 2.45) is 0 Å². The Labute approximate surface area is 107 Å². The van der Waals surface area contributed by atoms with Crippen molar-refractivity contribution >= 4 is 5.97 Å². The summed E-state index contributed by atoms with van der Waals surface area (Å²) in [6.45, 7) is 1.57. The molecule has 19 heavy (non-hydrogen) atoms. The number of aromatic carboxylic acids is 1. The number of halogens is 2. The van der Waals surface area contributed by atoms with Gasteiger partial charge < -0.3 is 9.63 Å². The minimum atomic E-state index is -3.41. The molecule has 0 saturated carbocycles. The highest BCUT2D eigenvalue weighted by atomic mass is 19.3. The van der Waals surface area contributed by atoms with E-state index in [1.807, 2.05) is 0 Å². The van der Waals surface area contributed by atoms with Crippen molar-refractivity contribution in [1.82, 2.24) is 5.16 Å². The Balaban J connectivity index is 2.55. The van der Waals surface area contributed by atoms with E-state index in [0.29, 0.717) is 0 Å². The molecule has 1 heterocycles. The average Bonchev–Trinajstić information content (AvgIpc) is 2.84. The summed E-state index contributed by atoms with van der Waals surface area (Å²) in [6.07, 6.45) is 0.100. The van der Waals surface area contributed by atoms with Crippen molar-refractivity contribution in [3.8, 4) is 0 Å². The Morgan fingerprint density at radius 3 is 2.53 bits per heavy atom. The fourth-order valence-corrected chi connectivity index (χ4v) is 1.83. The molecule has 1 aromatic carbocycles. The van der Waals surface area contributed by atoms with Gasteiger partial charge in [0.05, 0.1) is 0 Å². The van der Waals surface area contributed by atoms with Crippen molar-refractivity contribution in [1.29, 1.82) is 0 Å². The van der Waals surface area contributed by atoms with Crippen molar-refractivity contribution in [2.45, 2.75) is 19.3 Å². The first-order valence-corrected chi connectivity index (χ1v) is 5.64. The Kier molecular flexibility index (Phi) is 3.33. The predicted octanol–water partition coefficient (Wildman–Crippen LogP) is 3.08. The molecular formula is C13H11F2NO3. The second-order valence-electron chi connectivity index (χ2n) is 3.94. The van der Waals surface area contributed by atoms with Gasteiger partial charge in [-0.15, -0.1) is 0 Å². The molecule has 2 aromatic rings. The van der Waals surface area contributed by atoms with Crippen LogP contribution in [-0.2, 0) is 12.3 Å². The van der Waals surface area contributed by atoms with Crippen LogP contribution in [0.25, 0.3) is 0 Å². The standard InChI is InChI=1S/C13H11F2NO3/c1-2-9-10(12(17)18)16-19-11(9)13(14,15)8-6-4-3-5-7-8/h3-7H,2H2,1H3,(H,17,18). The quantitative estimate of drug-likeness (QED) is 0.924. The number of carbonyl (C=O) groups is 1. The van der Waals surface area contributed by atoms with Gasteiger partial charge in [0.15, 0.2) is 5.69 Å². The van der Waals surface area contributed by atoms with Crippen LogP contribution in [-0.4, -0.2) is 16.2 Å². The molecule has 0 bridgehead atoms. The molecule has 0 fully saturated rings. The summed E-state index contributed by atoms with van der Waals surface area (Å²) < 4.78 is 33.2. The van der Waals surface area contributed by atoms with Gasteiger partial charge in [-0.05, 0) is 6.42 Å². The van der Waals surface area contributed by atoms with Gasteiger partial charge in [0.25, 0.3) is 0 Å². The fraction of sp³-hybridized carbons (Fsp3) is 0.231. The molecule has 4 nitrogen and oxygen atoms in total. The predicted molar refractivity (Wildman–Crippen MR) is 62.3 cm³/mol. The van der Waals surface area contributed by atoms with Gasteiger partial charge in [-0.1, -0.05) is 42.4 Å². The smallest absolute Gasteiger partial charge is 0.358 e. The molecule has 0 atom stereocenters. The monoisotopic (exact) mass is 267 g/mol. The Morgan fingerprint density at radius 1 is 1.37 bits per heavy atom. The van der Waals surface area contributed by atoms with E-state index in [0.717, 1.165) is 0 Å². The van der Waals surface area contributed by atoms with Gasteiger partial charge in [-0.3, -0.25) is 0 Å². The third-order valence-electron chi connectivity index (χ3n) is 2.77. The number of benzene rings is 1. The number of aromatic nitrogens is 1. The number of alkyl halides is 2. The molecule has 2 rings (SSSR count). The van der Waals surface area contributed by atoms with Crippen molar-refractivity contribution < 1.29 is 23.2 Å². The molecule has 0 aliphatic heterocycles. The molecule has 0 aliphatic rings. The van der Waals surface area contributed by atoms with Crippen molar-refractivity contribution in [2.75, 3.05) is 0 Å². The summed E-state index contributed by atoms with van der Waals surface area (Å²) in [5, 5.41) is 12.1. The number of hydrogen-bond acceptors (Lipinski definition) is 3. The molecule has 0 aliphatic carbocycles. The summed E-state index contributed by atoms with van der Waals surface area (Å²) in [4.78, 5) is 10.9. The van der Waals surface area contributed by atoms with Gasteiger partial charge in [-0.2, -0.15) is 8.78 Å². The second-order valence-corrected chi connectivity index (χ2v) is 3.94. The molecule has 0 radical (unpaired) electrons.